The van der Waals surface area contributed by atoms with Gasteiger partial charge in [0.1, 0.15) is 5.56 Å². The van der Waals surface area contributed by atoms with Gasteiger partial charge in [0.25, 0.3) is 5.91 Å². The van der Waals surface area contributed by atoms with E-state index in [4.69, 9.17) is 9.26 Å². The Hall–Kier alpha value is -2.60. The molecule has 2 saturated heterocycles. The molecule has 0 N–H and O–H groups in total. The molecule has 0 unspecified atom stereocenters. The van der Waals surface area contributed by atoms with Crippen LogP contribution in [0.2, 0.25) is 0 Å². The first kappa shape index (κ1) is 17.5. The third-order valence-electron chi connectivity index (χ3n) is 6.14. The number of rotatable bonds is 3. The van der Waals surface area contributed by atoms with E-state index in [1.807, 2.05) is 35.2 Å². The molecule has 1 aromatic heterocycles. The number of morpholine rings is 1. The molecule has 0 spiro atoms. The molecule has 0 radical (unpaired) electrons. The Morgan fingerprint density at radius 1 is 1.00 bits per heavy atom. The third-order valence-corrected chi connectivity index (χ3v) is 6.14. The molecule has 3 heterocycles. The number of nitrogens with zero attached hydrogens (tertiary/aromatic N) is 3. The number of anilines is 1. The number of likely N-dealkylation sites (tertiary alicyclic amines) is 1. The maximum absolute atomic E-state index is 13.7. The largest absolute Gasteiger partial charge is 0.378 e. The van der Waals surface area contributed by atoms with Gasteiger partial charge in [-0.15, -0.1) is 0 Å². The minimum atomic E-state index is 0.0380. The number of benzene rings is 1. The lowest BCUT2D eigenvalue weighted by Crippen LogP contribution is -2.38. The summed E-state index contributed by atoms with van der Waals surface area (Å²) in [4.78, 5) is 17.8. The SMILES string of the molecule is O=C(c1c(N2CCOCC2)noc1-c1ccccc1)N1C[C@H]2CC=CC[C@H]2C1. The molecular formula is C22H25N3O3. The summed E-state index contributed by atoms with van der Waals surface area (Å²) in [6.07, 6.45) is 6.64. The van der Waals surface area contributed by atoms with Crippen LogP contribution in [0.4, 0.5) is 5.82 Å². The van der Waals surface area contributed by atoms with Crippen LogP contribution in [-0.2, 0) is 4.74 Å². The van der Waals surface area contributed by atoms with Gasteiger partial charge in [-0.2, -0.15) is 0 Å². The zero-order valence-corrected chi connectivity index (χ0v) is 15.9. The van der Waals surface area contributed by atoms with Gasteiger partial charge in [-0.1, -0.05) is 47.6 Å². The van der Waals surface area contributed by atoms with Crippen LogP contribution in [0.3, 0.4) is 0 Å². The lowest BCUT2D eigenvalue weighted by atomic mass is 9.86. The molecule has 2 aliphatic heterocycles. The first-order valence-corrected chi connectivity index (χ1v) is 10.1. The number of hydrogen-bond acceptors (Lipinski definition) is 5. The number of aromatic nitrogens is 1. The normalized spacial score (nSPS) is 24.4. The zero-order chi connectivity index (χ0) is 18.9. The summed E-state index contributed by atoms with van der Waals surface area (Å²) in [5.74, 6) is 2.40. The molecular weight excluding hydrogens is 354 g/mol. The Kier molecular flexibility index (Phi) is 4.64. The summed E-state index contributed by atoms with van der Waals surface area (Å²) in [5.41, 5.74) is 1.48. The molecule has 0 bridgehead atoms. The van der Waals surface area contributed by atoms with Gasteiger partial charge in [-0.25, -0.2) is 0 Å². The molecule has 3 aliphatic rings. The van der Waals surface area contributed by atoms with E-state index in [1.54, 1.807) is 0 Å². The van der Waals surface area contributed by atoms with E-state index in [0.29, 0.717) is 42.2 Å². The van der Waals surface area contributed by atoms with Gasteiger partial charge in [0.15, 0.2) is 11.6 Å². The molecule has 2 fully saturated rings. The van der Waals surface area contributed by atoms with Crippen molar-refractivity contribution in [3.63, 3.8) is 0 Å². The van der Waals surface area contributed by atoms with E-state index in [0.717, 1.165) is 44.6 Å². The quantitative estimate of drug-likeness (QED) is 0.767. The van der Waals surface area contributed by atoms with Crippen molar-refractivity contribution in [1.29, 1.82) is 0 Å². The molecule has 146 valence electrons. The van der Waals surface area contributed by atoms with Crippen LogP contribution in [-0.4, -0.2) is 55.4 Å². The minimum Gasteiger partial charge on any atom is -0.378 e. The molecule has 6 heteroatoms. The van der Waals surface area contributed by atoms with Crippen molar-refractivity contribution in [2.75, 3.05) is 44.3 Å². The van der Waals surface area contributed by atoms with Crippen molar-refractivity contribution in [2.24, 2.45) is 11.8 Å². The number of allylic oxidation sites excluding steroid dienone is 2. The van der Waals surface area contributed by atoms with Crippen molar-refractivity contribution >= 4 is 11.7 Å². The summed E-state index contributed by atoms with van der Waals surface area (Å²) in [6, 6.07) is 9.80. The Labute approximate surface area is 164 Å². The molecule has 1 aromatic carbocycles. The van der Waals surface area contributed by atoms with E-state index in [-0.39, 0.29) is 5.91 Å². The standard InChI is InChI=1S/C22H25N3O3/c26-22(25-14-17-8-4-5-9-18(17)15-25)19-20(16-6-2-1-3-7-16)28-23-21(19)24-10-12-27-13-11-24/h1-7,17-18H,8-15H2/t17-,18+. The Morgan fingerprint density at radius 2 is 1.68 bits per heavy atom. The fourth-order valence-electron chi connectivity index (χ4n) is 4.59. The van der Waals surface area contributed by atoms with Gasteiger partial charge in [0, 0.05) is 31.7 Å². The number of fused-ring (bicyclic) bond motifs is 1. The second-order valence-electron chi connectivity index (χ2n) is 7.85. The second-order valence-corrected chi connectivity index (χ2v) is 7.85. The monoisotopic (exact) mass is 379 g/mol. The molecule has 6 nitrogen and oxygen atoms in total. The highest BCUT2D eigenvalue weighted by atomic mass is 16.5. The summed E-state index contributed by atoms with van der Waals surface area (Å²) >= 11 is 0. The highest BCUT2D eigenvalue weighted by Crippen LogP contribution is 2.37. The average molecular weight is 379 g/mol. The van der Waals surface area contributed by atoms with Gasteiger partial charge >= 0.3 is 0 Å². The van der Waals surface area contributed by atoms with Crippen LogP contribution in [0.25, 0.3) is 11.3 Å². The van der Waals surface area contributed by atoms with Crippen LogP contribution < -0.4 is 4.90 Å². The second kappa shape index (κ2) is 7.43. The average Bonchev–Trinajstić information content (AvgIpc) is 3.39. The number of carbonyl (C=O) groups excluding carboxylic acids is 1. The third kappa shape index (κ3) is 3.11. The topological polar surface area (TPSA) is 58.8 Å². The Morgan fingerprint density at radius 3 is 2.36 bits per heavy atom. The van der Waals surface area contributed by atoms with Crippen molar-refractivity contribution in [3.8, 4) is 11.3 Å². The molecule has 2 atom stereocenters. The molecule has 28 heavy (non-hydrogen) atoms. The lowest BCUT2D eigenvalue weighted by Gasteiger charge is -2.27. The van der Waals surface area contributed by atoms with E-state index in [2.05, 4.69) is 22.2 Å². The van der Waals surface area contributed by atoms with E-state index >= 15 is 0 Å². The highest BCUT2D eigenvalue weighted by Gasteiger charge is 2.39. The van der Waals surface area contributed by atoms with Crippen LogP contribution >= 0.6 is 0 Å². The lowest BCUT2D eigenvalue weighted by molar-refractivity contribution is 0.0784. The van der Waals surface area contributed by atoms with Crippen molar-refractivity contribution in [3.05, 3.63) is 48.0 Å². The van der Waals surface area contributed by atoms with E-state index in [9.17, 15) is 4.79 Å². The predicted molar refractivity (Wildman–Crippen MR) is 106 cm³/mol. The smallest absolute Gasteiger partial charge is 0.261 e. The van der Waals surface area contributed by atoms with Gasteiger partial charge in [-0.05, 0) is 24.7 Å². The van der Waals surface area contributed by atoms with Crippen LogP contribution in [0.15, 0.2) is 47.0 Å². The summed E-state index contributed by atoms with van der Waals surface area (Å²) in [6.45, 7) is 4.35. The fourth-order valence-corrected chi connectivity index (χ4v) is 4.59. The molecule has 2 aromatic rings. The maximum Gasteiger partial charge on any atom is 0.261 e. The fraction of sp³-hybridized carbons (Fsp3) is 0.455. The number of carbonyl (C=O) groups is 1. The van der Waals surface area contributed by atoms with Crippen LogP contribution in [0, 0.1) is 11.8 Å². The number of hydrogen-bond donors (Lipinski definition) is 0. The van der Waals surface area contributed by atoms with Gasteiger partial charge in [0.2, 0.25) is 0 Å². The number of ether oxygens (including phenoxy) is 1. The minimum absolute atomic E-state index is 0.0380. The van der Waals surface area contributed by atoms with E-state index in [1.165, 1.54) is 0 Å². The van der Waals surface area contributed by atoms with Crippen molar-refractivity contribution in [1.82, 2.24) is 10.1 Å². The van der Waals surface area contributed by atoms with E-state index < -0.39 is 0 Å². The summed E-state index contributed by atoms with van der Waals surface area (Å²) in [5, 5.41) is 4.33. The number of amides is 1. The Balaban J connectivity index is 1.50. The predicted octanol–water partition coefficient (Wildman–Crippen LogP) is 3.22. The first-order valence-electron chi connectivity index (χ1n) is 10.1. The summed E-state index contributed by atoms with van der Waals surface area (Å²) < 4.78 is 11.2. The molecule has 5 rings (SSSR count). The van der Waals surface area contributed by atoms with Gasteiger partial charge < -0.3 is 19.1 Å². The van der Waals surface area contributed by atoms with Gasteiger partial charge in [0.05, 0.1) is 13.2 Å². The highest BCUT2D eigenvalue weighted by molar-refractivity contribution is 6.04. The maximum atomic E-state index is 13.7. The molecule has 1 aliphatic carbocycles. The summed E-state index contributed by atoms with van der Waals surface area (Å²) in [7, 11) is 0. The van der Waals surface area contributed by atoms with Crippen LogP contribution in [0.5, 0.6) is 0 Å². The molecule has 1 amide bonds. The van der Waals surface area contributed by atoms with Crippen molar-refractivity contribution < 1.29 is 14.1 Å². The Bertz CT molecular complexity index is 854. The van der Waals surface area contributed by atoms with Gasteiger partial charge in [-0.3, -0.25) is 4.79 Å². The molecule has 0 saturated carbocycles. The zero-order valence-electron chi connectivity index (χ0n) is 15.9. The first-order chi connectivity index (χ1) is 13.8. The van der Waals surface area contributed by atoms with Crippen LogP contribution in [0.1, 0.15) is 23.2 Å². The van der Waals surface area contributed by atoms with Crippen molar-refractivity contribution in [2.45, 2.75) is 12.8 Å².